The predicted octanol–water partition coefficient (Wildman–Crippen LogP) is 11.2. The molecule has 0 N–H and O–H groups in total. The molecule has 44 heavy (non-hydrogen) atoms. The lowest BCUT2D eigenvalue weighted by molar-refractivity contribution is -0.167. The first kappa shape index (κ1) is 42.4. The molecule has 0 bridgehead atoms. The second-order valence-electron chi connectivity index (χ2n) is 13.1. The standard InChI is InChI=1S/C38H72O6/c1-5-8-10-12-13-14-15-16-17-22-26-30-37(40)43-33-35(32-42-36(39)29-25-20-11-9-6-2)44-38(41)31-27-23-19-18-21-24-28-34(4)7-3/h34-35H,5-33H2,1-4H3/t34?,35-/m1/s1. The van der Waals surface area contributed by atoms with E-state index in [0.717, 1.165) is 70.1 Å². The molecule has 0 spiro atoms. The third-order valence-electron chi connectivity index (χ3n) is 8.65. The number of rotatable bonds is 33. The van der Waals surface area contributed by atoms with Crippen molar-refractivity contribution < 1.29 is 28.6 Å². The lowest BCUT2D eigenvalue weighted by atomic mass is 10.00. The van der Waals surface area contributed by atoms with Crippen LogP contribution < -0.4 is 0 Å². The van der Waals surface area contributed by atoms with E-state index >= 15 is 0 Å². The smallest absolute Gasteiger partial charge is 0.306 e. The maximum absolute atomic E-state index is 12.5. The van der Waals surface area contributed by atoms with Crippen LogP contribution in [-0.4, -0.2) is 37.2 Å². The summed E-state index contributed by atoms with van der Waals surface area (Å²) in [6, 6.07) is 0. The molecule has 0 radical (unpaired) electrons. The summed E-state index contributed by atoms with van der Waals surface area (Å²) in [5, 5.41) is 0. The van der Waals surface area contributed by atoms with Crippen molar-refractivity contribution in [3.8, 4) is 0 Å². The lowest BCUT2D eigenvalue weighted by Crippen LogP contribution is -2.30. The van der Waals surface area contributed by atoms with Gasteiger partial charge in [-0.3, -0.25) is 14.4 Å². The van der Waals surface area contributed by atoms with E-state index in [4.69, 9.17) is 14.2 Å². The molecule has 0 aliphatic rings. The summed E-state index contributed by atoms with van der Waals surface area (Å²) in [6.45, 7) is 8.84. The Hall–Kier alpha value is -1.59. The summed E-state index contributed by atoms with van der Waals surface area (Å²) in [5.74, 6) is -0.0730. The molecule has 0 aromatic rings. The molecule has 0 aromatic carbocycles. The van der Waals surface area contributed by atoms with Gasteiger partial charge in [0.05, 0.1) is 0 Å². The number of hydrogen-bond acceptors (Lipinski definition) is 6. The normalized spacial score (nSPS) is 12.5. The Kier molecular flexibility index (Phi) is 31.6. The Labute approximate surface area is 272 Å². The summed E-state index contributed by atoms with van der Waals surface area (Å²) in [5.41, 5.74) is 0. The van der Waals surface area contributed by atoms with Crippen molar-refractivity contribution >= 4 is 17.9 Å². The zero-order valence-corrected chi connectivity index (χ0v) is 29.6. The van der Waals surface area contributed by atoms with E-state index in [9.17, 15) is 14.4 Å². The van der Waals surface area contributed by atoms with E-state index in [1.54, 1.807) is 0 Å². The Morgan fingerprint density at radius 3 is 1.18 bits per heavy atom. The zero-order valence-electron chi connectivity index (χ0n) is 29.6. The second kappa shape index (κ2) is 32.8. The molecular formula is C38H72O6. The van der Waals surface area contributed by atoms with E-state index in [1.165, 1.54) is 89.9 Å². The molecular weight excluding hydrogens is 552 g/mol. The topological polar surface area (TPSA) is 78.9 Å². The monoisotopic (exact) mass is 625 g/mol. The molecule has 260 valence electrons. The molecule has 6 nitrogen and oxygen atoms in total. The third kappa shape index (κ3) is 30.4. The molecule has 0 fully saturated rings. The van der Waals surface area contributed by atoms with Gasteiger partial charge in [0.1, 0.15) is 13.2 Å². The number of hydrogen-bond donors (Lipinski definition) is 0. The van der Waals surface area contributed by atoms with Gasteiger partial charge >= 0.3 is 17.9 Å². The van der Waals surface area contributed by atoms with Gasteiger partial charge < -0.3 is 14.2 Å². The maximum atomic E-state index is 12.5. The van der Waals surface area contributed by atoms with Crippen LogP contribution in [0.1, 0.15) is 201 Å². The Morgan fingerprint density at radius 2 is 0.795 bits per heavy atom. The molecule has 2 atom stereocenters. The highest BCUT2D eigenvalue weighted by atomic mass is 16.6. The van der Waals surface area contributed by atoms with Crippen LogP contribution in [0.3, 0.4) is 0 Å². The molecule has 6 heteroatoms. The molecule has 0 rings (SSSR count). The van der Waals surface area contributed by atoms with Crippen LogP contribution in [0.15, 0.2) is 0 Å². The molecule has 0 saturated heterocycles. The fraction of sp³-hybridized carbons (Fsp3) is 0.921. The highest BCUT2D eigenvalue weighted by Gasteiger charge is 2.19. The van der Waals surface area contributed by atoms with Crippen LogP contribution in [0.2, 0.25) is 0 Å². The number of carbonyl (C=O) groups excluding carboxylic acids is 3. The lowest BCUT2D eigenvalue weighted by Gasteiger charge is -2.18. The van der Waals surface area contributed by atoms with Gasteiger partial charge in [-0.05, 0) is 25.2 Å². The van der Waals surface area contributed by atoms with Gasteiger partial charge in [0, 0.05) is 19.3 Å². The minimum atomic E-state index is -0.756. The zero-order chi connectivity index (χ0) is 32.5. The van der Waals surface area contributed by atoms with Crippen molar-refractivity contribution in [2.45, 2.75) is 207 Å². The number of carbonyl (C=O) groups is 3. The van der Waals surface area contributed by atoms with E-state index < -0.39 is 6.10 Å². The fourth-order valence-corrected chi connectivity index (χ4v) is 5.36. The van der Waals surface area contributed by atoms with Crippen LogP contribution >= 0.6 is 0 Å². The van der Waals surface area contributed by atoms with Crippen LogP contribution in [0, 0.1) is 5.92 Å². The molecule has 0 amide bonds. The number of esters is 3. The van der Waals surface area contributed by atoms with Gasteiger partial charge in [-0.1, -0.05) is 163 Å². The van der Waals surface area contributed by atoms with Crippen molar-refractivity contribution in [3.05, 3.63) is 0 Å². The van der Waals surface area contributed by atoms with E-state index in [-0.39, 0.29) is 31.1 Å². The Bertz CT molecular complexity index is 664. The van der Waals surface area contributed by atoms with Gasteiger partial charge in [-0.25, -0.2) is 0 Å². The molecule has 0 aromatic heterocycles. The minimum absolute atomic E-state index is 0.0669. The Morgan fingerprint density at radius 1 is 0.455 bits per heavy atom. The SMILES string of the molecule is CCCCCCCCCCCCCC(=O)OC[C@@H](COC(=O)CCCCCCC)OC(=O)CCCCCCCCC(C)CC. The minimum Gasteiger partial charge on any atom is -0.462 e. The molecule has 0 saturated carbocycles. The van der Waals surface area contributed by atoms with Crippen LogP contribution in [0.25, 0.3) is 0 Å². The molecule has 0 aliphatic heterocycles. The number of unbranched alkanes of at least 4 members (excludes halogenated alkanes) is 19. The maximum Gasteiger partial charge on any atom is 0.306 e. The van der Waals surface area contributed by atoms with Gasteiger partial charge in [0.25, 0.3) is 0 Å². The van der Waals surface area contributed by atoms with Gasteiger partial charge in [-0.2, -0.15) is 0 Å². The van der Waals surface area contributed by atoms with Gasteiger partial charge in [-0.15, -0.1) is 0 Å². The molecule has 0 aliphatic carbocycles. The van der Waals surface area contributed by atoms with Crippen LogP contribution in [-0.2, 0) is 28.6 Å². The first-order valence-electron chi connectivity index (χ1n) is 18.9. The van der Waals surface area contributed by atoms with Crippen molar-refractivity contribution in [2.75, 3.05) is 13.2 Å². The summed E-state index contributed by atoms with van der Waals surface area (Å²) in [4.78, 5) is 37.1. The van der Waals surface area contributed by atoms with Gasteiger partial charge in [0.15, 0.2) is 6.10 Å². The first-order valence-corrected chi connectivity index (χ1v) is 18.9. The summed E-state index contributed by atoms with van der Waals surface area (Å²) in [7, 11) is 0. The second-order valence-corrected chi connectivity index (χ2v) is 13.1. The first-order chi connectivity index (χ1) is 21.4. The predicted molar refractivity (Wildman–Crippen MR) is 183 cm³/mol. The molecule has 1 unspecified atom stereocenters. The molecule has 0 heterocycles. The van der Waals surface area contributed by atoms with E-state index in [1.807, 2.05) is 0 Å². The summed E-state index contributed by atoms with van der Waals surface area (Å²) < 4.78 is 16.5. The van der Waals surface area contributed by atoms with Crippen molar-refractivity contribution in [1.29, 1.82) is 0 Å². The van der Waals surface area contributed by atoms with E-state index in [2.05, 4.69) is 27.7 Å². The Balaban J connectivity index is 4.30. The highest BCUT2D eigenvalue weighted by molar-refractivity contribution is 5.71. The third-order valence-corrected chi connectivity index (χ3v) is 8.65. The van der Waals surface area contributed by atoms with E-state index in [0.29, 0.717) is 19.3 Å². The fourth-order valence-electron chi connectivity index (χ4n) is 5.36. The van der Waals surface area contributed by atoms with Crippen molar-refractivity contribution in [3.63, 3.8) is 0 Å². The van der Waals surface area contributed by atoms with Crippen molar-refractivity contribution in [2.24, 2.45) is 5.92 Å². The average molecular weight is 625 g/mol. The van der Waals surface area contributed by atoms with Crippen molar-refractivity contribution in [1.82, 2.24) is 0 Å². The number of ether oxygens (including phenoxy) is 3. The van der Waals surface area contributed by atoms with Gasteiger partial charge in [0.2, 0.25) is 0 Å². The highest BCUT2D eigenvalue weighted by Crippen LogP contribution is 2.16. The largest absolute Gasteiger partial charge is 0.462 e. The quantitative estimate of drug-likeness (QED) is 0.0410. The summed E-state index contributed by atoms with van der Waals surface area (Å²) >= 11 is 0. The van der Waals surface area contributed by atoms with Crippen LogP contribution in [0.5, 0.6) is 0 Å². The van der Waals surface area contributed by atoms with Crippen LogP contribution in [0.4, 0.5) is 0 Å². The average Bonchev–Trinajstić information content (AvgIpc) is 3.02. The summed E-state index contributed by atoms with van der Waals surface area (Å²) in [6.07, 6.45) is 28.3.